The van der Waals surface area contributed by atoms with E-state index in [4.69, 9.17) is 10.5 Å². The molecule has 0 aromatic heterocycles. The molecule has 0 aromatic carbocycles. The van der Waals surface area contributed by atoms with Crippen molar-refractivity contribution in [3.63, 3.8) is 0 Å². The van der Waals surface area contributed by atoms with E-state index in [1.54, 1.807) is 0 Å². The Bertz CT molecular complexity index is 206. The van der Waals surface area contributed by atoms with Crippen molar-refractivity contribution in [3.8, 4) is 0 Å². The maximum Gasteiger partial charge on any atom is 0.0548 e. The molecule has 3 heteroatoms. The summed E-state index contributed by atoms with van der Waals surface area (Å²) in [5.74, 6) is 0.841. The van der Waals surface area contributed by atoms with E-state index in [1.165, 1.54) is 25.9 Å². The highest BCUT2D eigenvalue weighted by Gasteiger charge is 2.46. The van der Waals surface area contributed by atoms with E-state index >= 15 is 0 Å². The molecule has 2 N–H and O–H groups in total. The van der Waals surface area contributed by atoms with Gasteiger partial charge in [-0.1, -0.05) is 0 Å². The number of ether oxygens (including phenoxy) is 1. The highest BCUT2D eigenvalue weighted by atomic mass is 16.5. The van der Waals surface area contributed by atoms with Crippen LogP contribution in [0.5, 0.6) is 0 Å². The number of piperidine rings is 1. The summed E-state index contributed by atoms with van der Waals surface area (Å²) in [4.78, 5) is 2.43. The minimum atomic E-state index is 0.313. The molecule has 2 saturated heterocycles. The van der Waals surface area contributed by atoms with Gasteiger partial charge >= 0.3 is 0 Å². The lowest BCUT2D eigenvalue weighted by molar-refractivity contribution is -0.161. The molecule has 2 fully saturated rings. The molecule has 2 aliphatic heterocycles. The fourth-order valence-corrected chi connectivity index (χ4v) is 3.15. The third-order valence-electron chi connectivity index (χ3n) is 4.09. The average molecular weight is 212 g/mol. The minimum Gasteiger partial charge on any atom is -0.380 e. The van der Waals surface area contributed by atoms with Gasteiger partial charge in [-0.15, -0.1) is 0 Å². The second-order valence-electron chi connectivity index (χ2n) is 5.61. The largest absolute Gasteiger partial charge is 0.380 e. The van der Waals surface area contributed by atoms with Gasteiger partial charge in [-0.25, -0.2) is 0 Å². The van der Waals surface area contributed by atoms with Gasteiger partial charge < -0.3 is 15.4 Å². The summed E-state index contributed by atoms with van der Waals surface area (Å²) in [6.07, 6.45) is 3.79. The summed E-state index contributed by atoms with van der Waals surface area (Å²) in [6, 6.07) is 0.313. The summed E-state index contributed by atoms with van der Waals surface area (Å²) >= 11 is 0. The van der Waals surface area contributed by atoms with Crippen molar-refractivity contribution >= 4 is 0 Å². The topological polar surface area (TPSA) is 38.5 Å². The molecule has 15 heavy (non-hydrogen) atoms. The van der Waals surface area contributed by atoms with E-state index < -0.39 is 0 Å². The summed E-state index contributed by atoms with van der Waals surface area (Å²) in [6.45, 7) is 6.50. The smallest absolute Gasteiger partial charge is 0.0548 e. The van der Waals surface area contributed by atoms with Crippen molar-refractivity contribution < 1.29 is 4.74 Å². The second-order valence-corrected chi connectivity index (χ2v) is 5.61. The standard InChI is InChI=1S/C12H24N2O/c1-10(13)7-12(8-15-9-12)11-3-5-14(2)6-4-11/h10-11H,3-9,13H2,1-2H3. The molecule has 0 aromatic rings. The number of hydrogen-bond acceptors (Lipinski definition) is 3. The number of likely N-dealkylation sites (tertiary alicyclic amines) is 1. The molecule has 0 aliphatic carbocycles. The van der Waals surface area contributed by atoms with Gasteiger partial charge in [-0.3, -0.25) is 0 Å². The fourth-order valence-electron chi connectivity index (χ4n) is 3.15. The molecule has 2 heterocycles. The van der Waals surface area contributed by atoms with Gasteiger partial charge in [0.05, 0.1) is 13.2 Å². The first kappa shape index (κ1) is 11.4. The normalized spacial score (nSPS) is 29.8. The van der Waals surface area contributed by atoms with Crippen LogP contribution in [0.4, 0.5) is 0 Å². The van der Waals surface area contributed by atoms with Crippen LogP contribution in [0.2, 0.25) is 0 Å². The molecule has 1 unspecified atom stereocenters. The molecule has 0 amide bonds. The fraction of sp³-hybridized carbons (Fsp3) is 1.00. The van der Waals surface area contributed by atoms with Crippen LogP contribution in [-0.2, 0) is 4.74 Å². The monoisotopic (exact) mass is 212 g/mol. The zero-order chi connectivity index (χ0) is 10.9. The maximum absolute atomic E-state index is 5.96. The Morgan fingerprint density at radius 1 is 1.40 bits per heavy atom. The number of nitrogens with zero attached hydrogens (tertiary/aromatic N) is 1. The van der Waals surface area contributed by atoms with E-state index in [2.05, 4.69) is 18.9 Å². The summed E-state index contributed by atoms with van der Waals surface area (Å²) in [5.41, 5.74) is 6.38. The molecule has 0 radical (unpaired) electrons. The van der Waals surface area contributed by atoms with Crippen LogP contribution in [-0.4, -0.2) is 44.3 Å². The van der Waals surface area contributed by atoms with Crippen molar-refractivity contribution in [2.75, 3.05) is 33.4 Å². The van der Waals surface area contributed by atoms with E-state index in [0.29, 0.717) is 11.5 Å². The average Bonchev–Trinajstić information content (AvgIpc) is 2.13. The van der Waals surface area contributed by atoms with Crippen LogP contribution in [0.25, 0.3) is 0 Å². The van der Waals surface area contributed by atoms with Crippen molar-refractivity contribution in [2.45, 2.75) is 32.2 Å². The molecular weight excluding hydrogens is 188 g/mol. The lowest BCUT2D eigenvalue weighted by atomic mass is 9.66. The Balaban J connectivity index is 1.94. The van der Waals surface area contributed by atoms with Crippen LogP contribution in [0.15, 0.2) is 0 Å². The van der Waals surface area contributed by atoms with Crippen LogP contribution in [0.1, 0.15) is 26.2 Å². The summed E-state index contributed by atoms with van der Waals surface area (Å²) in [7, 11) is 2.21. The summed E-state index contributed by atoms with van der Waals surface area (Å²) in [5, 5.41) is 0. The number of nitrogens with two attached hydrogens (primary N) is 1. The first-order valence-corrected chi connectivity index (χ1v) is 6.14. The highest BCUT2D eigenvalue weighted by Crippen LogP contribution is 2.44. The van der Waals surface area contributed by atoms with Gasteiger partial charge in [0.15, 0.2) is 0 Å². The minimum absolute atomic E-state index is 0.313. The predicted octanol–water partition coefficient (Wildman–Crippen LogP) is 1.08. The molecule has 2 rings (SSSR count). The Labute approximate surface area is 93.0 Å². The van der Waals surface area contributed by atoms with E-state index in [0.717, 1.165) is 25.6 Å². The molecule has 0 saturated carbocycles. The van der Waals surface area contributed by atoms with E-state index in [-0.39, 0.29) is 0 Å². The third kappa shape index (κ3) is 2.35. The van der Waals surface area contributed by atoms with Crippen molar-refractivity contribution in [1.82, 2.24) is 4.90 Å². The van der Waals surface area contributed by atoms with E-state index in [1.807, 2.05) is 0 Å². The first-order chi connectivity index (χ1) is 7.12. The van der Waals surface area contributed by atoms with Gasteiger partial charge in [0.2, 0.25) is 0 Å². The molecule has 0 bridgehead atoms. The summed E-state index contributed by atoms with van der Waals surface area (Å²) < 4.78 is 5.45. The predicted molar refractivity (Wildman–Crippen MR) is 61.7 cm³/mol. The zero-order valence-electron chi connectivity index (χ0n) is 10.0. The number of rotatable bonds is 3. The SMILES string of the molecule is CC(N)CC1(C2CCN(C)CC2)COC1. The molecule has 1 atom stereocenters. The van der Waals surface area contributed by atoms with E-state index in [9.17, 15) is 0 Å². The molecule has 2 aliphatic rings. The Morgan fingerprint density at radius 3 is 2.40 bits per heavy atom. The van der Waals surface area contributed by atoms with Crippen LogP contribution < -0.4 is 5.73 Å². The molecule has 0 spiro atoms. The Morgan fingerprint density at radius 2 is 2.00 bits per heavy atom. The maximum atomic E-state index is 5.96. The van der Waals surface area contributed by atoms with Gasteiger partial charge in [0, 0.05) is 11.5 Å². The highest BCUT2D eigenvalue weighted by molar-refractivity contribution is 4.95. The molecular formula is C12H24N2O. The van der Waals surface area contributed by atoms with Gasteiger partial charge in [-0.05, 0) is 52.2 Å². The Hall–Kier alpha value is -0.120. The van der Waals surface area contributed by atoms with Crippen LogP contribution in [0.3, 0.4) is 0 Å². The number of hydrogen-bond donors (Lipinski definition) is 1. The van der Waals surface area contributed by atoms with Crippen LogP contribution in [0, 0.1) is 11.3 Å². The van der Waals surface area contributed by atoms with Gasteiger partial charge in [0.1, 0.15) is 0 Å². The lowest BCUT2D eigenvalue weighted by Crippen LogP contribution is -2.53. The van der Waals surface area contributed by atoms with Crippen molar-refractivity contribution in [1.29, 1.82) is 0 Å². The molecule has 3 nitrogen and oxygen atoms in total. The molecule has 88 valence electrons. The van der Waals surface area contributed by atoms with Gasteiger partial charge in [0.25, 0.3) is 0 Å². The second kappa shape index (κ2) is 4.40. The van der Waals surface area contributed by atoms with Crippen LogP contribution >= 0.6 is 0 Å². The first-order valence-electron chi connectivity index (χ1n) is 6.14. The Kier molecular flexibility index (Phi) is 3.33. The lowest BCUT2D eigenvalue weighted by Gasteiger charge is -2.50. The van der Waals surface area contributed by atoms with Crippen molar-refractivity contribution in [2.24, 2.45) is 17.1 Å². The zero-order valence-corrected chi connectivity index (χ0v) is 10.0. The quantitative estimate of drug-likeness (QED) is 0.761. The van der Waals surface area contributed by atoms with Gasteiger partial charge in [-0.2, -0.15) is 0 Å². The third-order valence-corrected chi connectivity index (χ3v) is 4.09. The van der Waals surface area contributed by atoms with Crippen molar-refractivity contribution in [3.05, 3.63) is 0 Å².